The SMILES string of the molecule is CCCCCC[C@H]1CC[C@H](c2ccc(-c3ccc([C@H]4CC[C@H](C)CC4)cc3)cc2)CC1. The van der Waals surface area contributed by atoms with Gasteiger partial charge in [0.15, 0.2) is 0 Å². The van der Waals surface area contributed by atoms with Crippen molar-refractivity contribution in [1.82, 2.24) is 0 Å². The minimum Gasteiger partial charge on any atom is -0.0654 e. The molecule has 0 heteroatoms. The average molecular weight is 417 g/mol. The van der Waals surface area contributed by atoms with E-state index in [1.807, 2.05) is 0 Å². The molecule has 2 saturated carbocycles. The molecule has 0 aromatic heterocycles. The van der Waals surface area contributed by atoms with Crippen LogP contribution in [0.2, 0.25) is 0 Å². The lowest BCUT2D eigenvalue weighted by molar-refractivity contribution is 0.302. The molecule has 2 fully saturated rings. The zero-order valence-electron chi connectivity index (χ0n) is 20.1. The van der Waals surface area contributed by atoms with Gasteiger partial charge in [-0.1, -0.05) is 107 Å². The zero-order valence-corrected chi connectivity index (χ0v) is 20.1. The van der Waals surface area contributed by atoms with Crippen LogP contribution >= 0.6 is 0 Å². The van der Waals surface area contributed by atoms with Gasteiger partial charge < -0.3 is 0 Å². The van der Waals surface area contributed by atoms with Crippen molar-refractivity contribution in [1.29, 1.82) is 0 Å². The van der Waals surface area contributed by atoms with Crippen molar-refractivity contribution >= 4 is 0 Å². The number of hydrogen-bond donors (Lipinski definition) is 0. The van der Waals surface area contributed by atoms with Crippen molar-refractivity contribution in [3.05, 3.63) is 59.7 Å². The van der Waals surface area contributed by atoms with Crippen LogP contribution in [0.25, 0.3) is 11.1 Å². The molecule has 31 heavy (non-hydrogen) atoms. The maximum absolute atomic E-state index is 2.41. The molecule has 0 radical (unpaired) electrons. The minimum atomic E-state index is 0.786. The van der Waals surface area contributed by atoms with E-state index in [2.05, 4.69) is 62.4 Å². The quantitative estimate of drug-likeness (QED) is 0.375. The van der Waals surface area contributed by atoms with Crippen LogP contribution in [0.15, 0.2) is 48.5 Å². The van der Waals surface area contributed by atoms with E-state index in [9.17, 15) is 0 Å². The second-order valence-electron chi connectivity index (χ2n) is 10.8. The highest BCUT2D eigenvalue weighted by Gasteiger charge is 2.22. The highest BCUT2D eigenvalue weighted by molar-refractivity contribution is 5.64. The van der Waals surface area contributed by atoms with E-state index in [4.69, 9.17) is 0 Å². The van der Waals surface area contributed by atoms with Crippen LogP contribution in [0, 0.1) is 11.8 Å². The van der Waals surface area contributed by atoms with Gasteiger partial charge in [-0.2, -0.15) is 0 Å². The maximum Gasteiger partial charge on any atom is -0.0162 e. The van der Waals surface area contributed by atoms with Crippen LogP contribution in [0.5, 0.6) is 0 Å². The third-order valence-corrected chi connectivity index (χ3v) is 8.43. The molecule has 2 aliphatic rings. The van der Waals surface area contributed by atoms with Crippen molar-refractivity contribution in [2.75, 3.05) is 0 Å². The summed E-state index contributed by atoms with van der Waals surface area (Å²) in [7, 11) is 0. The Hall–Kier alpha value is -1.56. The molecule has 2 aliphatic carbocycles. The molecule has 0 amide bonds. The highest BCUT2D eigenvalue weighted by Crippen LogP contribution is 2.39. The van der Waals surface area contributed by atoms with Gasteiger partial charge in [0, 0.05) is 0 Å². The molecule has 2 aromatic carbocycles. The number of rotatable bonds is 8. The van der Waals surface area contributed by atoms with Crippen molar-refractivity contribution in [2.45, 2.75) is 109 Å². The van der Waals surface area contributed by atoms with Crippen molar-refractivity contribution < 1.29 is 0 Å². The molecule has 0 unspecified atom stereocenters. The van der Waals surface area contributed by atoms with Crippen LogP contribution in [0.3, 0.4) is 0 Å². The zero-order chi connectivity index (χ0) is 21.5. The van der Waals surface area contributed by atoms with Crippen molar-refractivity contribution in [3.8, 4) is 11.1 Å². The number of benzene rings is 2. The van der Waals surface area contributed by atoms with Gasteiger partial charge in [0.25, 0.3) is 0 Å². The third kappa shape index (κ3) is 6.24. The molecule has 0 atom stereocenters. The van der Waals surface area contributed by atoms with Gasteiger partial charge in [0.1, 0.15) is 0 Å². The lowest BCUT2D eigenvalue weighted by Crippen LogP contribution is -2.13. The largest absolute Gasteiger partial charge is 0.0654 e. The van der Waals surface area contributed by atoms with E-state index >= 15 is 0 Å². The Morgan fingerprint density at radius 3 is 1.55 bits per heavy atom. The summed E-state index contributed by atoms with van der Waals surface area (Å²) in [5.41, 5.74) is 5.87. The van der Waals surface area contributed by atoms with E-state index in [-0.39, 0.29) is 0 Å². The van der Waals surface area contributed by atoms with Crippen LogP contribution < -0.4 is 0 Å². The highest BCUT2D eigenvalue weighted by atomic mass is 14.3. The van der Waals surface area contributed by atoms with Gasteiger partial charge >= 0.3 is 0 Å². The Kier molecular flexibility index (Phi) is 8.28. The summed E-state index contributed by atoms with van der Waals surface area (Å²) in [6.07, 6.45) is 18.4. The lowest BCUT2D eigenvalue weighted by Gasteiger charge is -2.29. The predicted octanol–water partition coefficient (Wildman–Crippen LogP) is 9.89. The van der Waals surface area contributed by atoms with Crippen molar-refractivity contribution in [3.63, 3.8) is 0 Å². The summed E-state index contributed by atoms with van der Waals surface area (Å²) in [5.74, 6) is 3.50. The smallest absolute Gasteiger partial charge is 0.0162 e. The average Bonchev–Trinajstić information content (AvgIpc) is 2.83. The normalized spacial score (nSPS) is 26.6. The van der Waals surface area contributed by atoms with Gasteiger partial charge in [-0.15, -0.1) is 0 Å². The molecule has 0 N–H and O–H groups in total. The minimum absolute atomic E-state index is 0.786. The Morgan fingerprint density at radius 1 is 0.581 bits per heavy atom. The van der Waals surface area contributed by atoms with E-state index in [1.165, 1.54) is 94.6 Å². The van der Waals surface area contributed by atoms with E-state index < -0.39 is 0 Å². The third-order valence-electron chi connectivity index (χ3n) is 8.43. The predicted molar refractivity (Wildman–Crippen MR) is 136 cm³/mol. The molecule has 168 valence electrons. The first-order valence-electron chi connectivity index (χ1n) is 13.4. The maximum atomic E-state index is 2.41. The fraction of sp³-hybridized carbons (Fsp3) is 0.613. The summed E-state index contributed by atoms with van der Waals surface area (Å²) >= 11 is 0. The molecule has 0 bridgehead atoms. The summed E-state index contributed by atoms with van der Waals surface area (Å²) in [6.45, 7) is 4.71. The summed E-state index contributed by atoms with van der Waals surface area (Å²) in [5, 5.41) is 0. The van der Waals surface area contributed by atoms with Crippen molar-refractivity contribution in [2.24, 2.45) is 11.8 Å². The lowest BCUT2D eigenvalue weighted by atomic mass is 9.77. The molecule has 0 aliphatic heterocycles. The first-order chi connectivity index (χ1) is 15.2. The number of unbranched alkanes of at least 4 members (excludes halogenated alkanes) is 3. The summed E-state index contributed by atoms with van der Waals surface area (Å²) < 4.78 is 0. The van der Waals surface area contributed by atoms with Crippen LogP contribution in [-0.2, 0) is 0 Å². The van der Waals surface area contributed by atoms with E-state index in [0.717, 1.165) is 23.7 Å². The molecule has 0 spiro atoms. The van der Waals surface area contributed by atoms with Gasteiger partial charge in [-0.05, 0) is 84.5 Å². The summed E-state index contributed by atoms with van der Waals surface area (Å²) in [6, 6.07) is 19.1. The van der Waals surface area contributed by atoms with Gasteiger partial charge in [0.2, 0.25) is 0 Å². The van der Waals surface area contributed by atoms with Gasteiger partial charge in [-0.3, -0.25) is 0 Å². The Bertz CT molecular complexity index is 753. The number of hydrogen-bond acceptors (Lipinski definition) is 0. The Morgan fingerprint density at radius 2 is 1.06 bits per heavy atom. The molecule has 0 saturated heterocycles. The van der Waals surface area contributed by atoms with Gasteiger partial charge in [-0.25, -0.2) is 0 Å². The van der Waals surface area contributed by atoms with Crippen LogP contribution in [0.1, 0.15) is 120 Å². The monoisotopic (exact) mass is 416 g/mol. The molecular formula is C31H44. The fourth-order valence-electron chi connectivity index (χ4n) is 6.13. The second-order valence-corrected chi connectivity index (χ2v) is 10.8. The standard InChI is InChI=1S/C31H44/c1-3-4-5-6-7-25-10-14-27(15-11-25)29-18-22-31(23-19-29)30-20-16-28(17-21-30)26-12-8-24(2)9-13-26/h16-27H,3-15H2,1-2H3/t24-,25-,26-,27-. The molecule has 4 rings (SSSR count). The van der Waals surface area contributed by atoms with Crippen LogP contribution in [0.4, 0.5) is 0 Å². The molecule has 0 nitrogen and oxygen atoms in total. The van der Waals surface area contributed by atoms with E-state index in [1.54, 1.807) is 11.1 Å². The van der Waals surface area contributed by atoms with Gasteiger partial charge in [0.05, 0.1) is 0 Å². The molecule has 0 heterocycles. The summed E-state index contributed by atoms with van der Waals surface area (Å²) in [4.78, 5) is 0. The first-order valence-corrected chi connectivity index (χ1v) is 13.4. The van der Waals surface area contributed by atoms with Crippen LogP contribution in [-0.4, -0.2) is 0 Å². The van der Waals surface area contributed by atoms with E-state index in [0.29, 0.717) is 0 Å². The topological polar surface area (TPSA) is 0 Å². The molecule has 2 aromatic rings. The fourth-order valence-corrected chi connectivity index (χ4v) is 6.13. The first kappa shape index (κ1) is 22.6. The second kappa shape index (κ2) is 11.3. The molecular weight excluding hydrogens is 372 g/mol. The Labute approximate surface area is 191 Å². The Balaban J connectivity index is 1.28.